The van der Waals surface area contributed by atoms with E-state index in [0.29, 0.717) is 29.1 Å². The molecule has 0 radical (unpaired) electrons. The van der Waals surface area contributed by atoms with Gasteiger partial charge in [-0.25, -0.2) is 19.7 Å². The number of amides is 2. The second-order valence-corrected chi connectivity index (χ2v) is 7.43. The number of allylic oxidation sites excluding steroid dienone is 1. The van der Waals surface area contributed by atoms with Gasteiger partial charge in [-0.3, -0.25) is 4.79 Å². The van der Waals surface area contributed by atoms with E-state index in [1.165, 1.54) is 0 Å². The smallest absolute Gasteiger partial charge is 0.416 e. The summed E-state index contributed by atoms with van der Waals surface area (Å²) in [6.07, 6.45) is 4.13. The molecule has 0 aliphatic carbocycles. The maximum atomic E-state index is 12.4. The van der Waals surface area contributed by atoms with E-state index in [0.717, 1.165) is 28.9 Å². The van der Waals surface area contributed by atoms with Crippen molar-refractivity contribution in [2.24, 2.45) is 0 Å². The maximum Gasteiger partial charge on any atom is 0.416 e. The molecule has 3 aromatic rings. The second kappa shape index (κ2) is 6.98. The molecule has 2 aromatic heterocycles. The lowest BCUT2D eigenvalue weighted by molar-refractivity contribution is 0.0946. The minimum Gasteiger partial charge on any atom is -0.447 e. The van der Waals surface area contributed by atoms with Gasteiger partial charge in [0.15, 0.2) is 5.82 Å². The van der Waals surface area contributed by atoms with Crippen molar-refractivity contribution in [3.8, 4) is 11.3 Å². The highest BCUT2D eigenvalue weighted by Gasteiger charge is 2.35. The topological polar surface area (TPSA) is 100 Å². The van der Waals surface area contributed by atoms with Gasteiger partial charge in [-0.2, -0.15) is 0 Å². The normalized spacial score (nSPS) is 18.7. The van der Waals surface area contributed by atoms with Crippen molar-refractivity contribution in [3.05, 3.63) is 53.4 Å². The number of aromatic amines is 1. The summed E-state index contributed by atoms with van der Waals surface area (Å²) in [5, 5.41) is 2.86. The van der Waals surface area contributed by atoms with Crippen LogP contribution in [-0.4, -0.2) is 46.1 Å². The molecule has 1 aromatic carbocycles. The van der Waals surface area contributed by atoms with Gasteiger partial charge >= 0.3 is 6.09 Å². The zero-order chi connectivity index (χ0) is 20.8. The molecule has 8 heteroatoms. The number of aromatic nitrogens is 3. The van der Waals surface area contributed by atoms with Crippen LogP contribution in [0.4, 0.5) is 10.6 Å². The predicted molar refractivity (Wildman–Crippen MR) is 113 cm³/mol. The summed E-state index contributed by atoms with van der Waals surface area (Å²) < 4.78 is 5.25. The Morgan fingerprint density at radius 1 is 1.23 bits per heavy atom. The van der Waals surface area contributed by atoms with Crippen molar-refractivity contribution in [2.45, 2.75) is 26.3 Å². The number of cyclic esters (lactones) is 1. The highest BCUT2D eigenvalue weighted by molar-refractivity contribution is 6.00. The van der Waals surface area contributed by atoms with Gasteiger partial charge in [-0.05, 0) is 26.0 Å². The van der Waals surface area contributed by atoms with Crippen LogP contribution in [0.5, 0.6) is 0 Å². The molecule has 1 atom stereocenters. The number of ether oxygens (including phenoxy) is 1. The summed E-state index contributed by atoms with van der Waals surface area (Å²) in [5.74, 6) is 0.408. The van der Waals surface area contributed by atoms with Crippen molar-refractivity contribution < 1.29 is 14.3 Å². The summed E-state index contributed by atoms with van der Waals surface area (Å²) >= 11 is 0. The molecule has 2 aliphatic rings. The molecule has 2 aliphatic heterocycles. The van der Waals surface area contributed by atoms with Crippen molar-refractivity contribution in [1.82, 2.24) is 20.3 Å². The number of fused-ring (bicyclic) bond motifs is 2. The SMILES string of the molecule is C/C=C\C1COC(=O)N1c1nc2c(-c3cc4c([nH]3)CCNC4=O)cccc2nc1C. The number of anilines is 1. The van der Waals surface area contributed by atoms with Crippen LogP contribution in [-0.2, 0) is 11.2 Å². The predicted octanol–water partition coefficient (Wildman–Crippen LogP) is 3.12. The van der Waals surface area contributed by atoms with E-state index in [1.54, 1.807) is 4.90 Å². The number of hydrogen-bond donors (Lipinski definition) is 2. The number of carbonyl (C=O) groups is 2. The summed E-state index contributed by atoms with van der Waals surface area (Å²) in [5.41, 5.74) is 5.25. The number of benzene rings is 1. The molecule has 0 bridgehead atoms. The molecule has 2 amide bonds. The Bertz CT molecular complexity index is 1210. The van der Waals surface area contributed by atoms with Gasteiger partial charge in [-0.1, -0.05) is 24.3 Å². The number of rotatable bonds is 3. The van der Waals surface area contributed by atoms with Gasteiger partial charge in [0.2, 0.25) is 0 Å². The fourth-order valence-corrected chi connectivity index (χ4v) is 4.08. The summed E-state index contributed by atoms with van der Waals surface area (Å²) in [7, 11) is 0. The molecule has 1 unspecified atom stereocenters. The number of hydrogen-bond acceptors (Lipinski definition) is 5. The first-order chi connectivity index (χ1) is 14.6. The Balaban J connectivity index is 1.67. The lowest BCUT2D eigenvalue weighted by Gasteiger charge is -2.20. The fraction of sp³-hybridized carbons (Fsp3) is 0.273. The quantitative estimate of drug-likeness (QED) is 0.655. The van der Waals surface area contributed by atoms with E-state index in [4.69, 9.17) is 14.7 Å². The molecule has 2 N–H and O–H groups in total. The molecule has 1 fully saturated rings. The molecule has 0 saturated carbocycles. The van der Waals surface area contributed by atoms with Gasteiger partial charge in [-0.15, -0.1) is 0 Å². The Morgan fingerprint density at radius 2 is 2.10 bits per heavy atom. The zero-order valence-electron chi connectivity index (χ0n) is 16.7. The van der Waals surface area contributed by atoms with Crippen molar-refractivity contribution in [1.29, 1.82) is 0 Å². The second-order valence-electron chi connectivity index (χ2n) is 7.43. The molecule has 0 spiro atoms. The largest absolute Gasteiger partial charge is 0.447 e. The molecule has 30 heavy (non-hydrogen) atoms. The summed E-state index contributed by atoms with van der Waals surface area (Å²) in [6.45, 7) is 4.64. The van der Waals surface area contributed by atoms with Crippen LogP contribution in [0, 0.1) is 6.92 Å². The average Bonchev–Trinajstić information content (AvgIpc) is 3.32. The van der Waals surface area contributed by atoms with Crippen molar-refractivity contribution >= 4 is 28.9 Å². The summed E-state index contributed by atoms with van der Waals surface area (Å²) in [6, 6.07) is 7.38. The number of H-pyrrole nitrogens is 1. The van der Waals surface area contributed by atoms with Crippen LogP contribution < -0.4 is 10.2 Å². The van der Waals surface area contributed by atoms with Crippen LogP contribution in [0.25, 0.3) is 22.3 Å². The lowest BCUT2D eigenvalue weighted by atomic mass is 10.1. The zero-order valence-corrected chi connectivity index (χ0v) is 16.7. The molecule has 8 nitrogen and oxygen atoms in total. The first-order valence-corrected chi connectivity index (χ1v) is 9.93. The first kappa shape index (κ1) is 18.4. The van der Waals surface area contributed by atoms with Crippen molar-refractivity contribution in [2.75, 3.05) is 18.1 Å². The van der Waals surface area contributed by atoms with Crippen molar-refractivity contribution in [3.63, 3.8) is 0 Å². The van der Waals surface area contributed by atoms with E-state index in [1.807, 2.05) is 50.3 Å². The molecular weight excluding hydrogens is 382 g/mol. The number of nitrogens with one attached hydrogen (secondary N) is 2. The number of nitrogens with zero attached hydrogens (tertiary/aromatic N) is 3. The highest BCUT2D eigenvalue weighted by atomic mass is 16.6. The Kier molecular flexibility index (Phi) is 4.27. The van der Waals surface area contributed by atoms with Crippen LogP contribution in [0.1, 0.15) is 28.7 Å². The monoisotopic (exact) mass is 403 g/mol. The minimum atomic E-state index is -0.431. The molecule has 1 saturated heterocycles. The average molecular weight is 403 g/mol. The molecule has 4 heterocycles. The van der Waals surface area contributed by atoms with E-state index in [2.05, 4.69) is 10.3 Å². The Morgan fingerprint density at radius 3 is 2.90 bits per heavy atom. The van der Waals surface area contributed by atoms with Crippen LogP contribution in [0.15, 0.2) is 36.4 Å². The third-order valence-electron chi connectivity index (χ3n) is 5.49. The van der Waals surface area contributed by atoms with Gasteiger partial charge in [0, 0.05) is 29.9 Å². The molecule has 152 valence electrons. The Hall–Kier alpha value is -3.68. The lowest BCUT2D eigenvalue weighted by Crippen LogP contribution is -2.33. The standard InChI is InChI=1S/C22H21N5O3/c1-3-5-13-11-30-22(29)27(13)20-12(2)24-17-7-4-6-14(19(17)26-20)18-10-15-16(25-18)8-9-23-21(15)28/h3-7,10,13,25H,8-9,11H2,1-2H3,(H,23,28)/b5-3-. The molecular formula is C22H21N5O3. The van der Waals surface area contributed by atoms with E-state index in [-0.39, 0.29) is 18.6 Å². The van der Waals surface area contributed by atoms with Gasteiger partial charge in [0.05, 0.1) is 22.8 Å². The number of aryl methyl sites for hydroxylation is 1. The Labute approximate surface area is 173 Å². The first-order valence-electron chi connectivity index (χ1n) is 9.93. The van der Waals surface area contributed by atoms with E-state index in [9.17, 15) is 9.59 Å². The fourth-order valence-electron chi connectivity index (χ4n) is 4.08. The maximum absolute atomic E-state index is 12.4. The van der Waals surface area contributed by atoms with Gasteiger partial charge in [0.25, 0.3) is 5.91 Å². The van der Waals surface area contributed by atoms with E-state index < -0.39 is 6.09 Å². The number of carbonyl (C=O) groups excluding carboxylic acids is 2. The van der Waals surface area contributed by atoms with Gasteiger partial charge in [0.1, 0.15) is 12.1 Å². The highest BCUT2D eigenvalue weighted by Crippen LogP contribution is 2.32. The minimum absolute atomic E-state index is 0.0735. The van der Waals surface area contributed by atoms with Crippen LogP contribution >= 0.6 is 0 Å². The van der Waals surface area contributed by atoms with E-state index >= 15 is 0 Å². The molecule has 5 rings (SSSR count). The van der Waals surface area contributed by atoms with Crippen LogP contribution in [0.2, 0.25) is 0 Å². The third kappa shape index (κ3) is 2.83. The third-order valence-corrected chi connectivity index (χ3v) is 5.49. The van der Waals surface area contributed by atoms with Gasteiger partial charge < -0.3 is 15.0 Å². The number of para-hydroxylation sites is 1. The summed E-state index contributed by atoms with van der Waals surface area (Å²) in [4.78, 5) is 39.1. The van der Waals surface area contributed by atoms with Crippen LogP contribution in [0.3, 0.4) is 0 Å².